The van der Waals surface area contributed by atoms with Crippen molar-refractivity contribution in [3.63, 3.8) is 0 Å². The summed E-state index contributed by atoms with van der Waals surface area (Å²) in [7, 11) is 0. The minimum atomic E-state index is -0.365. The summed E-state index contributed by atoms with van der Waals surface area (Å²) in [5.74, 6) is 0.756. The molecule has 0 bridgehead atoms. The lowest BCUT2D eigenvalue weighted by Gasteiger charge is -2.34. The van der Waals surface area contributed by atoms with E-state index in [0.29, 0.717) is 5.41 Å². The van der Waals surface area contributed by atoms with Crippen LogP contribution in [0.15, 0.2) is 24.3 Å². The van der Waals surface area contributed by atoms with Gasteiger partial charge in [-0.1, -0.05) is 38.1 Å². The van der Waals surface area contributed by atoms with Crippen molar-refractivity contribution >= 4 is 0 Å². The van der Waals surface area contributed by atoms with Crippen LogP contribution in [-0.4, -0.2) is 10.7 Å². The normalized spacial score (nSPS) is 25.2. The van der Waals surface area contributed by atoms with Crippen LogP contribution in [0, 0.1) is 5.41 Å². The average molecular weight is 258 g/mol. The zero-order valence-electron chi connectivity index (χ0n) is 12.3. The van der Waals surface area contributed by atoms with Crippen molar-refractivity contribution in [3.05, 3.63) is 35.4 Å². The van der Waals surface area contributed by atoms with E-state index in [1.54, 1.807) is 0 Å². The van der Waals surface area contributed by atoms with E-state index < -0.39 is 0 Å². The van der Waals surface area contributed by atoms with E-state index in [9.17, 15) is 5.11 Å². The minimum Gasteiger partial charge on any atom is -0.390 e. The van der Waals surface area contributed by atoms with Gasteiger partial charge < -0.3 is 5.11 Å². The molecule has 2 aliphatic rings. The highest BCUT2D eigenvalue weighted by molar-refractivity contribution is 5.27. The van der Waals surface area contributed by atoms with Gasteiger partial charge in [0, 0.05) is 6.42 Å². The van der Waals surface area contributed by atoms with Gasteiger partial charge in [0.05, 0.1) is 5.60 Å². The lowest BCUT2D eigenvalue weighted by atomic mass is 9.71. The van der Waals surface area contributed by atoms with Crippen LogP contribution in [0.4, 0.5) is 0 Å². The summed E-state index contributed by atoms with van der Waals surface area (Å²) < 4.78 is 0. The molecule has 0 spiro atoms. The molecule has 0 amide bonds. The molecule has 2 fully saturated rings. The lowest BCUT2D eigenvalue weighted by Crippen LogP contribution is -2.20. The smallest absolute Gasteiger partial charge is 0.0690 e. The molecule has 3 rings (SSSR count). The molecule has 0 aromatic heterocycles. The maximum atomic E-state index is 9.96. The van der Waals surface area contributed by atoms with Crippen molar-refractivity contribution in [1.29, 1.82) is 0 Å². The molecule has 19 heavy (non-hydrogen) atoms. The second-order valence-corrected chi connectivity index (χ2v) is 7.58. The molecule has 1 aromatic carbocycles. The highest BCUT2D eigenvalue weighted by Crippen LogP contribution is 2.43. The number of rotatable bonds is 3. The van der Waals surface area contributed by atoms with Gasteiger partial charge in [0.25, 0.3) is 0 Å². The van der Waals surface area contributed by atoms with Gasteiger partial charge in [0.2, 0.25) is 0 Å². The third-order valence-corrected chi connectivity index (χ3v) is 5.15. The molecular weight excluding hydrogens is 232 g/mol. The monoisotopic (exact) mass is 258 g/mol. The molecular formula is C18H26O. The number of benzene rings is 1. The van der Waals surface area contributed by atoms with Crippen LogP contribution in [-0.2, 0) is 6.42 Å². The summed E-state index contributed by atoms with van der Waals surface area (Å²) in [5.41, 5.74) is 2.98. The van der Waals surface area contributed by atoms with E-state index in [0.717, 1.165) is 25.2 Å². The minimum absolute atomic E-state index is 0.365. The zero-order chi connectivity index (χ0) is 13.5. The fourth-order valence-electron chi connectivity index (χ4n) is 3.34. The maximum absolute atomic E-state index is 9.96. The molecule has 1 N–H and O–H groups in total. The predicted molar refractivity (Wildman–Crippen MR) is 79.3 cm³/mol. The van der Waals surface area contributed by atoms with Crippen molar-refractivity contribution < 1.29 is 5.11 Å². The Bertz CT molecular complexity index is 429. The first-order chi connectivity index (χ1) is 8.96. The van der Waals surface area contributed by atoms with Gasteiger partial charge in [-0.25, -0.2) is 0 Å². The van der Waals surface area contributed by atoms with Crippen LogP contribution < -0.4 is 0 Å². The molecule has 0 aliphatic heterocycles. The van der Waals surface area contributed by atoms with Crippen LogP contribution in [0.1, 0.15) is 69.4 Å². The van der Waals surface area contributed by atoms with Gasteiger partial charge in [-0.15, -0.1) is 0 Å². The maximum Gasteiger partial charge on any atom is 0.0690 e. The highest BCUT2D eigenvalue weighted by atomic mass is 16.3. The van der Waals surface area contributed by atoms with E-state index in [2.05, 4.69) is 38.1 Å². The summed E-state index contributed by atoms with van der Waals surface area (Å²) in [6, 6.07) is 9.05. The Morgan fingerprint density at radius 1 is 1.00 bits per heavy atom. The van der Waals surface area contributed by atoms with Gasteiger partial charge in [0.1, 0.15) is 0 Å². The van der Waals surface area contributed by atoms with Crippen molar-refractivity contribution in [1.82, 2.24) is 0 Å². The lowest BCUT2D eigenvalue weighted by molar-refractivity contribution is 0.151. The quantitative estimate of drug-likeness (QED) is 0.850. The summed E-state index contributed by atoms with van der Waals surface area (Å²) in [4.78, 5) is 0. The number of hydrogen-bond acceptors (Lipinski definition) is 1. The van der Waals surface area contributed by atoms with Gasteiger partial charge in [0.15, 0.2) is 0 Å². The molecule has 0 atom stereocenters. The number of hydrogen-bond donors (Lipinski definition) is 1. The van der Waals surface area contributed by atoms with Gasteiger partial charge in [-0.3, -0.25) is 0 Å². The van der Waals surface area contributed by atoms with Crippen LogP contribution in [0.25, 0.3) is 0 Å². The molecule has 1 nitrogen and oxygen atoms in total. The van der Waals surface area contributed by atoms with E-state index in [4.69, 9.17) is 0 Å². The van der Waals surface area contributed by atoms with E-state index >= 15 is 0 Å². The Labute approximate surface area is 117 Å². The Morgan fingerprint density at radius 2 is 1.58 bits per heavy atom. The standard InChI is InChI=1S/C18H26O/c1-17(2)9-7-16(8-10-17)15-5-3-14(4-6-15)13-18(19)11-12-18/h3-6,16,19H,7-13H2,1-2H3. The molecule has 0 unspecified atom stereocenters. The molecule has 0 saturated heterocycles. The third kappa shape index (κ3) is 3.20. The summed E-state index contributed by atoms with van der Waals surface area (Å²) in [5, 5.41) is 9.96. The fraction of sp³-hybridized carbons (Fsp3) is 0.667. The Morgan fingerprint density at radius 3 is 2.11 bits per heavy atom. The molecule has 2 aliphatic carbocycles. The largest absolute Gasteiger partial charge is 0.390 e. The molecule has 104 valence electrons. The molecule has 0 radical (unpaired) electrons. The fourth-order valence-corrected chi connectivity index (χ4v) is 3.34. The summed E-state index contributed by atoms with van der Waals surface area (Å²) in [6.07, 6.45) is 8.15. The van der Waals surface area contributed by atoms with Crippen molar-refractivity contribution in [2.75, 3.05) is 0 Å². The molecule has 1 heteroatoms. The Hall–Kier alpha value is -0.820. The highest BCUT2D eigenvalue weighted by Gasteiger charge is 2.40. The molecule has 1 aromatic rings. The van der Waals surface area contributed by atoms with Gasteiger partial charge in [-0.05, 0) is 61.0 Å². The number of aliphatic hydroxyl groups is 1. The third-order valence-electron chi connectivity index (χ3n) is 5.15. The van der Waals surface area contributed by atoms with E-state index in [1.807, 2.05) is 0 Å². The van der Waals surface area contributed by atoms with Crippen LogP contribution in [0.2, 0.25) is 0 Å². The predicted octanol–water partition coefficient (Wildman–Crippen LogP) is 4.44. The molecule has 0 heterocycles. The summed E-state index contributed by atoms with van der Waals surface area (Å²) >= 11 is 0. The van der Waals surface area contributed by atoms with Crippen molar-refractivity contribution in [2.45, 2.75) is 70.3 Å². The van der Waals surface area contributed by atoms with Gasteiger partial charge >= 0.3 is 0 Å². The first kappa shape index (κ1) is 13.2. The second kappa shape index (κ2) is 4.63. The first-order valence-electron chi connectivity index (χ1n) is 7.77. The Balaban J connectivity index is 1.63. The van der Waals surface area contributed by atoms with E-state index in [-0.39, 0.29) is 5.60 Å². The molecule has 2 saturated carbocycles. The van der Waals surface area contributed by atoms with Crippen LogP contribution >= 0.6 is 0 Å². The Kier molecular flexibility index (Phi) is 3.21. The zero-order valence-corrected chi connectivity index (χ0v) is 12.3. The van der Waals surface area contributed by atoms with E-state index in [1.165, 1.54) is 36.8 Å². The average Bonchev–Trinajstić information content (AvgIpc) is 3.08. The summed E-state index contributed by atoms with van der Waals surface area (Å²) in [6.45, 7) is 4.78. The van der Waals surface area contributed by atoms with Crippen LogP contribution in [0.5, 0.6) is 0 Å². The first-order valence-corrected chi connectivity index (χ1v) is 7.77. The topological polar surface area (TPSA) is 20.2 Å². The van der Waals surface area contributed by atoms with Gasteiger partial charge in [-0.2, -0.15) is 0 Å². The SMILES string of the molecule is CC1(C)CCC(c2ccc(CC3(O)CC3)cc2)CC1. The second-order valence-electron chi connectivity index (χ2n) is 7.58. The van der Waals surface area contributed by atoms with Crippen molar-refractivity contribution in [2.24, 2.45) is 5.41 Å². The van der Waals surface area contributed by atoms with Crippen LogP contribution in [0.3, 0.4) is 0 Å². The van der Waals surface area contributed by atoms with Crippen molar-refractivity contribution in [3.8, 4) is 0 Å².